The van der Waals surface area contributed by atoms with Gasteiger partial charge in [0.2, 0.25) is 0 Å². The zero-order valence-electron chi connectivity index (χ0n) is 19.5. The van der Waals surface area contributed by atoms with E-state index in [0.717, 1.165) is 5.56 Å². The third kappa shape index (κ3) is 4.99. The first-order chi connectivity index (χ1) is 17.1. The summed E-state index contributed by atoms with van der Waals surface area (Å²) >= 11 is 5.89. The third-order valence-electron chi connectivity index (χ3n) is 5.64. The molecule has 0 atom stereocenters. The van der Waals surface area contributed by atoms with Crippen molar-refractivity contribution in [3.63, 3.8) is 0 Å². The first kappa shape index (κ1) is 25.8. The van der Waals surface area contributed by atoms with Gasteiger partial charge in [0.15, 0.2) is 0 Å². The Morgan fingerprint density at radius 3 is 2.42 bits per heavy atom. The van der Waals surface area contributed by atoms with Crippen molar-refractivity contribution in [3.05, 3.63) is 76.8 Å². The summed E-state index contributed by atoms with van der Waals surface area (Å²) in [5.41, 5.74) is 1.48. The summed E-state index contributed by atoms with van der Waals surface area (Å²) < 4.78 is 62.0. The van der Waals surface area contributed by atoms with Crippen molar-refractivity contribution >= 4 is 48.9 Å². The summed E-state index contributed by atoms with van der Waals surface area (Å²) in [6.45, 7) is 2.36. The number of amides is 1. The van der Waals surface area contributed by atoms with Crippen LogP contribution in [0.25, 0.3) is 0 Å². The monoisotopic (exact) mass is 549 g/mol. The second-order valence-corrected chi connectivity index (χ2v) is 11.9. The highest BCUT2D eigenvalue weighted by molar-refractivity contribution is 7.93. The molecule has 190 valence electrons. The van der Waals surface area contributed by atoms with Gasteiger partial charge in [0, 0.05) is 23.7 Å². The summed E-state index contributed by atoms with van der Waals surface area (Å²) in [5, 5.41) is 3.04. The van der Waals surface area contributed by atoms with E-state index >= 15 is 0 Å². The normalized spacial score (nSPS) is 13.2. The van der Waals surface area contributed by atoms with E-state index in [4.69, 9.17) is 16.3 Å². The molecule has 0 aromatic heterocycles. The van der Waals surface area contributed by atoms with Crippen LogP contribution in [0.15, 0.2) is 70.5 Å². The fourth-order valence-corrected chi connectivity index (χ4v) is 6.76. The molecular formula is C24H24ClN3O6S2. The predicted molar refractivity (Wildman–Crippen MR) is 138 cm³/mol. The second kappa shape index (κ2) is 10.00. The van der Waals surface area contributed by atoms with Gasteiger partial charge in [-0.3, -0.25) is 13.8 Å². The molecule has 3 aromatic rings. The van der Waals surface area contributed by atoms with E-state index in [2.05, 4.69) is 10.0 Å². The van der Waals surface area contributed by atoms with Gasteiger partial charge in [-0.15, -0.1) is 0 Å². The minimum absolute atomic E-state index is 0.0589. The first-order valence-electron chi connectivity index (χ1n) is 11.0. The van der Waals surface area contributed by atoms with Crippen molar-refractivity contribution in [3.8, 4) is 5.75 Å². The van der Waals surface area contributed by atoms with Gasteiger partial charge in [0.1, 0.15) is 10.6 Å². The standard InChI is InChI=1S/C24H24ClN3O6S2/c1-3-26-24(29)17-5-11-22(34-2)23(14-17)35(30,31)27-19-8-4-16-12-13-28(21(16)15-19)36(32,33)20-9-6-18(25)7-10-20/h4-11,14-15,27H,3,12-13H2,1-2H3,(H,26,29). The minimum Gasteiger partial charge on any atom is -0.495 e. The number of benzene rings is 3. The summed E-state index contributed by atoms with van der Waals surface area (Å²) in [6, 6.07) is 14.7. The number of methoxy groups -OCH3 is 1. The first-order valence-corrected chi connectivity index (χ1v) is 14.3. The number of rotatable bonds is 8. The van der Waals surface area contributed by atoms with Crippen LogP contribution in [-0.4, -0.2) is 42.9 Å². The molecule has 0 radical (unpaired) electrons. The second-order valence-electron chi connectivity index (χ2n) is 7.96. The van der Waals surface area contributed by atoms with E-state index in [1.807, 2.05) is 0 Å². The molecule has 0 bridgehead atoms. The molecule has 2 N–H and O–H groups in total. The average molecular weight is 550 g/mol. The predicted octanol–water partition coefficient (Wildman–Crippen LogP) is 3.65. The number of hydrogen-bond acceptors (Lipinski definition) is 6. The lowest BCUT2D eigenvalue weighted by atomic mass is 10.1. The molecule has 1 heterocycles. The van der Waals surface area contributed by atoms with Crippen molar-refractivity contribution in [1.82, 2.24) is 5.32 Å². The topological polar surface area (TPSA) is 122 Å². The Kier molecular flexibility index (Phi) is 7.17. The Hall–Kier alpha value is -3.28. The van der Waals surface area contributed by atoms with E-state index < -0.39 is 26.0 Å². The molecule has 9 nitrogen and oxygen atoms in total. The van der Waals surface area contributed by atoms with Gasteiger partial charge in [0.05, 0.1) is 23.4 Å². The molecular weight excluding hydrogens is 526 g/mol. The van der Waals surface area contributed by atoms with Crippen LogP contribution >= 0.6 is 11.6 Å². The van der Waals surface area contributed by atoms with Gasteiger partial charge in [-0.1, -0.05) is 17.7 Å². The largest absolute Gasteiger partial charge is 0.495 e. The van der Waals surface area contributed by atoms with Gasteiger partial charge in [0.25, 0.3) is 26.0 Å². The summed E-state index contributed by atoms with van der Waals surface area (Å²) in [5.74, 6) is -0.360. The van der Waals surface area contributed by atoms with Gasteiger partial charge in [-0.05, 0) is 73.5 Å². The Balaban J connectivity index is 1.68. The molecule has 3 aromatic carbocycles. The van der Waals surface area contributed by atoms with Crippen LogP contribution in [0.3, 0.4) is 0 Å². The van der Waals surface area contributed by atoms with Crippen molar-refractivity contribution in [2.45, 2.75) is 23.1 Å². The molecule has 36 heavy (non-hydrogen) atoms. The summed E-state index contributed by atoms with van der Waals surface area (Å²) in [6.07, 6.45) is 0.484. The molecule has 1 aliphatic rings. The zero-order valence-corrected chi connectivity index (χ0v) is 21.9. The van der Waals surface area contributed by atoms with Crippen LogP contribution in [0.5, 0.6) is 5.75 Å². The molecule has 0 aliphatic carbocycles. The highest BCUT2D eigenvalue weighted by atomic mass is 35.5. The highest BCUT2D eigenvalue weighted by Crippen LogP contribution is 2.36. The van der Waals surface area contributed by atoms with Gasteiger partial charge in [-0.25, -0.2) is 16.8 Å². The SMILES string of the molecule is CCNC(=O)c1ccc(OC)c(S(=O)(=O)Nc2ccc3c(c2)N(S(=O)(=O)c2ccc(Cl)cc2)CC3)c1. The number of nitrogens with one attached hydrogen (secondary N) is 2. The highest BCUT2D eigenvalue weighted by Gasteiger charge is 2.31. The van der Waals surface area contributed by atoms with Crippen molar-refractivity contribution in [1.29, 1.82) is 0 Å². The Labute approximate surface area is 215 Å². The van der Waals surface area contributed by atoms with E-state index in [1.54, 1.807) is 19.1 Å². The van der Waals surface area contributed by atoms with Crippen molar-refractivity contribution in [2.24, 2.45) is 0 Å². The Morgan fingerprint density at radius 2 is 1.75 bits per heavy atom. The lowest BCUT2D eigenvalue weighted by Crippen LogP contribution is -2.29. The fraction of sp³-hybridized carbons (Fsp3) is 0.208. The van der Waals surface area contributed by atoms with E-state index in [9.17, 15) is 21.6 Å². The maximum Gasteiger partial charge on any atom is 0.265 e. The smallest absolute Gasteiger partial charge is 0.265 e. The van der Waals surface area contributed by atoms with Crippen LogP contribution in [0.1, 0.15) is 22.8 Å². The minimum atomic E-state index is -4.19. The quantitative estimate of drug-likeness (QED) is 0.442. The third-order valence-corrected chi connectivity index (χ3v) is 9.13. The fourth-order valence-electron chi connectivity index (χ4n) is 3.90. The lowest BCUT2D eigenvalue weighted by Gasteiger charge is -2.20. The van der Waals surface area contributed by atoms with E-state index in [1.165, 1.54) is 59.9 Å². The van der Waals surface area contributed by atoms with Gasteiger partial charge < -0.3 is 10.1 Å². The number of anilines is 2. The number of fused-ring (bicyclic) bond motifs is 1. The van der Waals surface area contributed by atoms with Crippen LogP contribution in [0.2, 0.25) is 5.02 Å². The molecule has 0 fully saturated rings. The molecule has 0 saturated carbocycles. The van der Waals surface area contributed by atoms with Crippen LogP contribution in [-0.2, 0) is 26.5 Å². The van der Waals surface area contributed by atoms with Crippen LogP contribution < -0.4 is 19.1 Å². The number of sulfonamides is 2. The number of carbonyl (C=O) groups excluding carboxylic acids is 1. The Morgan fingerprint density at radius 1 is 1.03 bits per heavy atom. The molecule has 1 aliphatic heterocycles. The maximum absolute atomic E-state index is 13.3. The van der Waals surface area contributed by atoms with Crippen molar-refractivity contribution < 1.29 is 26.4 Å². The number of hydrogen-bond donors (Lipinski definition) is 2. The van der Waals surface area contributed by atoms with Crippen molar-refractivity contribution in [2.75, 3.05) is 29.2 Å². The lowest BCUT2D eigenvalue weighted by molar-refractivity contribution is 0.0955. The van der Waals surface area contributed by atoms with Crippen LogP contribution in [0.4, 0.5) is 11.4 Å². The summed E-state index contributed by atoms with van der Waals surface area (Å²) in [4.78, 5) is 12.1. The van der Waals surface area contributed by atoms with E-state index in [0.29, 0.717) is 23.7 Å². The molecule has 4 rings (SSSR count). The maximum atomic E-state index is 13.3. The number of ether oxygens (including phenoxy) is 1. The molecule has 0 unspecified atom stereocenters. The van der Waals surface area contributed by atoms with E-state index in [-0.39, 0.29) is 33.3 Å². The number of halogens is 1. The molecule has 12 heteroatoms. The van der Waals surface area contributed by atoms with Gasteiger partial charge in [-0.2, -0.15) is 0 Å². The van der Waals surface area contributed by atoms with Crippen LogP contribution in [0, 0.1) is 0 Å². The summed E-state index contributed by atoms with van der Waals surface area (Å²) in [7, 11) is -6.74. The zero-order chi connectivity index (χ0) is 26.1. The molecule has 0 spiro atoms. The molecule has 0 saturated heterocycles. The number of carbonyl (C=O) groups is 1. The van der Waals surface area contributed by atoms with Gasteiger partial charge >= 0.3 is 0 Å². The average Bonchev–Trinajstić information content (AvgIpc) is 3.28. The Bertz CT molecular complexity index is 1520. The number of nitrogens with zero attached hydrogens (tertiary/aromatic N) is 1. The molecule has 1 amide bonds.